The lowest BCUT2D eigenvalue weighted by molar-refractivity contribution is 0.247. The maximum Gasteiger partial charge on any atom is 0.119 e. The molecule has 106 valence electrons. The van der Waals surface area contributed by atoms with E-state index in [1.165, 1.54) is 0 Å². The molecule has 0 radical (unpaired) electrons. The van der Waals surface area contributed by atoms with Crippen molar-refractivity contribution >= 4 is 0 Å². The van der Waals surface area contributed by atoms with Crippen molar-refractivity contribution in [3.05, 3.63) is 65.7 Å². The van der Waals surface area contributed by atoms with Crippen LogP contribution in [-0.2, 0) is 12.1 Å². The highest BCUT2D eigenvalue weighted by atomic mass is 16.5. The van der Waals surface area contributed by atoms with Crippen molar-refractivity contribution in [3.63, 3.8) is 0 Å². The number of ether oxygens (including phenoxy) is 1. The molecule has 0 saturated carbocycles. The zero-order chi connectivity index (χ0) is 14.4. The summed E-state index contributed by atoms with van der Waals surface area (Å²) in [5, 5.41) is 9.02. The van der Waals surface area contributed by atoms with Crippen LogP contribution in [0.2, 0.25) is 0 Å². The summed E-state index contributed by atoms with van der Waals surface area (Å²) in [5.74, 6) is 0.817. The Morgan fingerprint density at radius 3 is 2.30 bits per heavy atom. The maximum atomic E-state index is 9.02. The van der Waals surface area contributed by atoms with E-state index in [2.05, 4.69) is 0 Å². The molecule has 0 saturated heterocycles. The number of aliphatic hydroxyl groups is 1. The fraction of sp³-hybridized carbons (Fsp3) is 0.294. The van der Waals surface area contributed by atoms with Gasteiger partial charge in [-0.3, -0.25) is 0 Å². The number of benzene rings is 2. The molecule has 1 unspecified atom stereocenters. The van der Waals surface area contributed by atoms with Crippen LogP contribution < -0.4 is 10.5 Å². The third-order valence-electron chi connectivity index (χ3n) is 3.39. The largest absolute Gasteiger partial charge is 0.489 e. The van der Waals surface area contributed by atoms with Crippen molar-refractivity contribution < 1.29 is 9.84 Å². The normalized spacial score (nSPS) is 13.8. The van der Waals surface area contributed by atoms with Crippen LogP contribution in [0.25, 0.3) is 0 Å². The summed E-state index contributed by atoms with van der Waals surface area (Å²) in [5.41, 5.74) is 7.79. The molecular weight excluding hydrogens is 250 g/mol. The van der Waals surface area contributed by atoms with Crippen molar-refractivity contribution in [3.8, 4) is 5.75 Å². The lowest BCUT2D eigenvalue weighted by Crippen LogP contribution is -2.33. The van der Waals surface area contributed by atoms with Crippen molar-refractivity contribution in [1.82, 2.24) is 0 Å². The number of rotatable bonds is 6. The van der Waals surface area contributed by atoms with E-state index in [9.17, 15) is 0 Å². The molecule has 3 heteroatoms. The fourth-order valence-electron chi connectivity index (χ4n) is 2.05. The van der Waals surface area contributed by atoms with E-state index in [1.54, 1.807) is 0 Å². The summed E-state index contributed by atoms with van der Waals surface area (Å²) in [4.78, 5) is 0. The molecule has 0 heterocycles. The summed E-state index contributed by atoms with van der Waals surface area (Å²) in [6.45, 7) is 2.55. The molecule has 2 aromatic carbocycles. The monoisotopic (exact) mass is 271 g/mol. The van der Waals surface area contributed by atoms with Crippen LogP contribution in [0.3, 0.4) is 0 Å². The summed E-state index contributed by atoms with van der Waals surface area (Å²) < 4.78 is 5.73. The van der Waals surface area contributed by atoms with Gasteiger partial charge in [0, 0.05) is 12.1 Å². The molecular formula is C17H21NO2. The topological polar surface area (TPSA) is 55.5 Å². The number of hydrogen-bond donors (Lipinski definition) is 2. The third-order valence-corrected chi connectivity index (χ3v) is 3.39. The van der Waals surface area contributed by atoms with Gasteiger partial charge in [-0.2, -0.15) is 0 Å². The minimum atomic E-state index is -0.507. The van der Waals surface area contributed by atoms with Crippen molar-refractivity contribution in [2.45, 2.75) is 25.5 Å². The van der Waals surface area contributed by atoms with E-state index in [4.69, 9.17) is 15.6 Å². The molecule has 0 aliphatic rings. The van der Waals surface area contributed by atoms with E-state index in [0.717, 1.165) is 16.9 Å². The van der Waals surface area contributed by atoms with E-state index >= 15 is 0 Å². The SMILES string of the molecule is CC(N)(CCO)c1ccc(OCc2ccccc2)cc1. The highest BCUT2D eigenvalue weighted by molar-refractivity contribution is 5.31. The van der Waals surface area contributed by atoms with E-state index in [-0.39, 0.29) is 6.61 Å². The first-order chi connectivity index (χ1) is 9.62. The molecule has 3 nitrogen and oxygen atoms in total. The van der Waals surface area contributed by atoms with Gasteiger partial charge >= 0.3 is 0 Å². The third kappa shape index (κ3) is 3.83. The summed E-state index contributed by atoms with van der Waals surface area (Å²) in [7, 11) is 0. The smallest absolute Gasteiger partial charge is 0.119 e. The second kappa shape index (κ2) is 6.55. The van der Waals surface area contributed by atoms with Crippen LogP contribution in [0.1, 0.15) is 24.5 Å². The van der Waals surface area contributed by atoms with E-state index < -0.39 is 5.54 Å². The predicted molar refractivity (Wildman–Crippen MR) is 80.5 cm³/mol. The quantitative estimate of drug-likeness (QED) is 0.849. The Labute approximate surface area is 120 Å². The van der Waals surface area contributed by atoms with Crippen LogP contribution in [0.5, 0.6) is 5.75 Å². The number of nitrogens with two attached hydrogens (primary N) is 1. The van der Waals surface area contributed by atoms with Gasteiger partial charge in [-0.1, -0.05) is 42.5 Å². The Morgan fingerprint density at radius 1 is 1.05 bits per heavy atom. The van der Waals surface area contributed by atoms with Crippen LogP contribution >= 0.6 is 0 Å². The molecule has 2 rings (SSSR count). The first kappa shape index (κ1) is 14.6. The Bertz CT molecular complexity index is 520. The standard InChI is InChI=1S/C17H21NO2/c1-17(18,11-12-19)15-7-9-16(10-8-15)20-13-14-5-3-2-4-6-14/h2-10,19H,11-13,18H2,1H3. The highest BCUT2D eigenvalue weighted by Crippen LogP contribution is 2.24. The van der Waals surface area contributed by atoms with Gasteiger partial charge < -0.3 is 15.6 Å². The van der Waals surface area contributed by atoms with Gasteiger partial charge in [0.2, 0.25) is 0 Å². The van der Waals surface area contributed by atoms with Crippen molar-refractivity contribution in [2.75, 3.05) is 6.61 Å². The summed E-state index contributed by atoms with van der Waals surface area (Å²) >= 11 is 0. The highest BCUT2D eigenvalue weighted by Gasteiger charge is 2.20. The molecule has 2 aromatic rings. The minimum Gasteiger partial charge on any atom is -0.489 e. The lowest BCUT2D eigenvalue weighted by atomic mass is 9.90. The van der Waals surface area contributed by atoms with Crippen molar-refractivity contribution in [2.24, 2.45) is 5.73 Å². The van der Waals surface area contributed by atoms with Crippen LogP contribution in [0, 0.1) is 0 Å². The zero-order valence-electron chi connectivity index (χ0n) is 11.8. The first-order valence-corrected chi connectivity index (χ1v) is 6.79. The molecule has 0 aromatic heterocycles. The Kier molecular flexibility index (Phi) is 4.77. The lowest BCUT2D eigenvalue weighted by Gasteiger charge is -2.24. The average Bonchev–Trinajstić information content (AvgIpc) is 2.47. The van der Waals surface area contributed by atoms with Crippen molar-refractivity contribution in [1.29, 1.82) is 0 Å². The number of hydrogen-bond acceptors (Lipinski definition) is 3. The second-order valence-electron chi connectivity index (χ2n) is 5.19. The molecule has 0 amide bonds. The van der Waals surface area contributed by atoms with E-state index in [1.807, 2.05) is 61.5 Å². The maximum absolute atomic E-state index is 9.02. The van der Waals surface area contributed by atoms with Gasteiger partial charge in [-0.05, 0) is 36.6 Å². The zero-order valence-corrected chi connectivity index (χ0v) is 11.8. The van der Waals surface area contributed by atoms with Gasteiger partial charge in [0.05, 0.1) is 0 Å². The molecule has 1 atom stereocenters. The minimum absolute atomic E-state index is 0.0826. The van der Waals surface area contributed by atoms with Crippen LogP contribution in [-0.4, -0.2) is 11.7 Å². The number of aliphatic hydroxyl groups excluding tert-OH is 1. The molecule has 0 spiro atoms. The van der Waals surface area contributed by atoms with Gasteiger partial charge in [0.25, 0.3) is 0 Å². The molecule has 0 aliphatic carbocycles. The van der Waals surface area contributed by atoms with Crippen LogP contribution in [0.4, 0.5) is 0 Å². The molecule has 20 heavy (non-hydrogen) atoms. The Hall–Kier alpha value is -1.84. The first-order valence-electron chi connectivity index (χ1n) is 6.79. The molecule has 0 aliphatic heterocycles. The Morgan fingerprint density at radius 2 is 1.70 bits per heavy atom. The van der Waals surface area contributed by atoms with Gasteiger partial charge in [-0.15, -0.1) is 0 Å². The van der Waals surface area contributed by atoms with E-state index in [0.29, 0.717) is 13.0 Å². The fourth-order valence-corrected chi connectivity index (χ4v) is 2.05. The van der Waals surface area contributed by atoms with Gasteiger partial charge in [-0.25, -0.2) is 0 Å². The second-order valence-corrected chi connectivity index (χ2v) is 5.19. The molecule has 0 fully saturated rings. The summed E-state index contributed by atoms with van der Waals surface area (Å²) in [6, 6.07) is 17.8. The summed E-state index contributed by atoms with van der Waals surface area (Å²) in [6.07, 6.45) is 0.539. The molecule has 0 bridgehead atoms. The van der Waals surface area contributed by atoms with Gasteiger partial charge in [0.15, 0.2) is 0 Å². The molecule has 3 N–H and O–H groups in total. The Balaban J connectivity index is 1.98. The average molecular weight is 271 g/mol. The van der Waals surface area contributed by atoms with Crippen LogP contribution in [0.15, 0.2) is 54.6 Å². The van der Waals surface area contributed by atoms with Gasteiger partial charge in [0.1, 0.15) is 12.4 Å². The predicted octanol–water partition coefficient (Wildman–Crippen LogP) is 2.82.